The van der Waals surface area contributed by atoms with E-state index in [1.807, 2.05) is 30.3 Å². The lowest BCUT2D eigenvalue weighted by Gasteiger charge is -2.24. The number of nitrogen functional groups attached to an aromatic ring is 1. The minimum absolute atomic E-state index is 0.0176. The van der Waals surface area contributed by atoms with Crippen LogP contribution in [0.25, 0.3) is 11.4 Å². The number of anilines is 1. The highest BCUT2D eigenvalue weighted by Gasteiger charge is 2.22. The maximum absolute atomic E-state index is 6.26. The van der Waals surface area contributed by atoms with E-state index < -0.39 is 0 Å². The van der Waals surface area contributed by atoms with E-state index in [2.05, 4.69) is 20.3 Å². The number of hydrogen-bond acceptors (Lipinski definition) is 8. The molecule has 1 fully saturated rings. The van der Waals surface area contributed by atoms with Crippen molar-refractivity contribution in [2.45, 2.75) is 18.9 Å². The van der Waals surface area contributed by atoms with Crippen LogP contribution in [0.2, 0.25) is 0 Å². The summed E-state index contributed by atoms with van der Waals surface area (Å²) >= 11 is 0. The molecule has 29 heavy (non-hydrogen) atoms. The zero-order valence-electron chi connectivity index (χ0n) is 16.2. The van der Waals surface area contributed by atoms with Crippen molar-refractivity contribution >= 4 is 5.82 Å². The van der Waals surface area contributed by atoms with Crippen LogP contribution in [-0.4, -0.2) is 41.3 Å². The summed E-state index contributed by atoms with van der Waals surface area (Å²) in [6.07, 6.45) is 5.31. The number of benzene rings is 1. The van der Waals surface area contributed by atoms with Crippen LogP contribution in [0.5, 0.6) is 23.1 Å². The van der Waals surface area contributed by atoms with E-state index in [1.165, 1.54) is 0 Å². The van der Waals surface area contributed by atoms with Crippen LogP contribution in [0.3, 0.4) is 0 Å². The molecule has 1 atom stereocenters. The summed E-state index contributed by atoms with van der Waals surface area (Å²) in [5.41, 5.74) is 7.06. The van der Waals surface area contributed by atoms with Crippen LogP contribution in [0.15, 0.2) is 48.8 Å². The van der Waals surface area contributed by atoms with Crippen molar-refractivity contribution in [3.8, 4) is 34.5 Å². The molecular weight excluding hydrogens is 370 g/mol. The first-order chi connectivity index (χ1) is 14.2. The molecule has 3 N–H and O–H groups in total. The molecule has 0 amide bonds. The summed E-state index contributed by atoms with van der Waals surface area (Å²) in [5.74, 6) is 2.51. The maximum atomic E-state index is 6.26. The van der Waals surface area contributed by atoms with Crippen molar-refractivity contribution in [1.29, 1.82) is 0 Å². The summed E-state index contributed by atoms with van der Waals surface area (Å²) < 4.78 is 17.5. The zero-order chi connectivity index (χ0) is 20.1. The third-order valence-electron chi connectivity index (χ3n) is 4.59. The highest BCUT2D eigenvalue weighted by Crippen LogP contribution is 2.38. The SMILES string of the molecule is COc1cccc(Oc2c(N)nc(-c3ccncc3)nc2OC2CCCNC2)c1. The maximum Gasteiger partial charge on any atom is 0.264 e. The number of rotatable bonds is 6. The average molecular weight is 393 g/mol. The fraction of sp³-hybridized carbons (Fsp3) is 0.286. The fourth-order valence-corrected chi connectivity index (χ4v) is 3.11. The Morgan fingerprint density at radius 1 is 1.10 bits per heavy atom. The van der Waals surface area contributed by atoms with Gasteiger partial charge < -0.3 is 25.3 Å². The van der Waals surface area contributed by atoms with Gasteiger partial charge >= 0.3 is 0 Å². The quantitative estimate of drug-likeness (QED) is 0.658. The summed E-state index contributed by atoms with van der Waals surface area (Å²) in [5, 5.41) is 3.33. The largest absolute Gasteiger partial charge is 0.497 e. The van der Waals surface area contributed by atoms with Crippen LogP contribution >= 0.6 is 0 Å². The minimum atomic E-state index is -0.0176. The van der Waals surface area contributed by atoms with Gasteiger partial charge in [0.25, 0.3) is 5.88 Å². The lowest BCUT2D eigenvalue weighted by Crippen LogP contribution is -2.37. The van der Waals surface area contributed by atoms with Gasteiger partial charge in [-0.15, -0.1) is 0 Å². The second kappa shape index (κ2) is 8.74. The molecule has 0 radical (unpaired) electrons. The van der Waals surface area contributed by atoms with Gasteiger partial charge in [0, 0.05) is 30.6 Å². The van der Waals surface area contributed by atoms with Crippen molar-refractivity contribution < 1.29 is 14.2 Å². The molecule has 150 valence electrons. The Balaban J connectivity index is 1.71. The molecular formula is C21H23N5O3. The van der Waals surface area contributed by atoms with E-state index >= 15 is 0 Å². The molecule has 1 aromatic carbocycles. The van der Waals surface area contributed by atoms with E-state index in [0.29, 0.717) is 29.0 Å². The molecule has 2 aromatic heterocycles. The molecule has 8 nitrogen and oxygen atoms in total. The third-order valence-corrected chi connectivity index (χ3v) is 4.59. The molecule has 1 aliphatic heterocycles. The molecule has 1 unspecified atom stereocenters. The van der Waals surface area contributed by atoms with Gasteiger partial charge in [0.1, 0.15) is 17.6 Å². The number of aromatic nitrogens is 3. The van der Waals surface area contributed by atoms with Crippen molar-refractivity contribution in [2.24, 2.45) is 0 Å². The summed E-state index contributed by atoms with van der Waals surface area (Å²) in [6.45, 7) is 1.73. The lowest BCUT2D eigenvalue weighted by atomic mass is 10.1. The van der Waals surface area contributed by atoms with Gasteiger partial charge in [-0.3, -0.25) is 4.98 Å². The molecule has 0 spiro atoms. The molecule has 1 aliphatic rings. The number of hydrogen-bond donors (Lipinski definition) is 2. The Bertz CT molecular complexity index is 962. The normalized spacial score (nSPS) is 16.2. The predicted molar refractivity (Wildman–Crippen MR) is 109 cm³/mol. The van der Waals surface area contributed by atoms with E-state index in [4.69, 9.17) is 19.9 Å². The highest BCUT2D eigenvalue weighted by atomic mass is 16.5. The van der Waals surface area contributed by atoms with Gasteiger partial charge in [-0.05, 0) is 43.7 Å². The first-order valence-corrected chi connectivity index (χ1v) is 9.50. The first-order valence-electron chi connectivity index (χ1n) is 9.50. The Labute approximate surface area is 169 Å². The molecule has 8 heteroatoms. The van der Waals surface area contributed by atoms with E-state index in [1.54, 1.807) is 25.6 Å². The molecule has 1 saturated heterocycles. The molecule has 0 aliphatic carbocycles. The molecule has 4 rings (SSSR count). The van der Waals surface area contributed by atoms with Gasteiger partial charge in [0.2, 0.25) is 5.75 Å². The molecule has 0 saturated carbocycles. The monoisotopic (exact) mass is 393 g/mol. The third kappa shape index (κ3) is 4.55. The highest BCUT2D eigenvalue weighted by molar-refractivity contribution is 5.63. The van der Waals surface area contributed by atoms with Crippen molar-refractivity contribution in [3.05, 3.63) is 48.8 Å². The average Bonchev–Trinajstić information content (AvgIpc) is 2.77. The molecule has 3 aromatic rings. The number of nitrogens with zero attached hydrogens (tertiary/aromatic N) is 3. The standard InChI is InChI=1S/C21H23N5O3/c1-27-15-4-2-5-16(12-15)28-18-19(22)25-20(14-7-10-23-11-8-14)26-21(18)29-17-6-3-9-24-13-17/h2,4-5,7-8,10-12,17,24H,3,6,9,13H2,1H3,(H2,22,25,26). The number of methoxy groups -OCH3 is 1. The van der Waals surface area contributed by atoms with Gasteiger partial charge in [-0.2, -0.15) is 4.98 Å². The Kier molecular flexibility index (Phi) is 5.71. The van der Waals surface area contributed by atoms with Crippen molar-refractivity contribution in [1.82, 2.24) is 20.3 Å². The Morgan fingerprint density at radius 3 is 2.69 bits per heavy atom. The first kappa shape index (κ1) is 18.9. The van der Waals surface area contributed by atoms with Crippen LogP contribution in [0.1, 0.15) is 12.8 Å². The second-order valence-corrected chi connectivity index (χ2v) is 6.67. The number of ether oxygens (including phenoxy) is 3. The van der Waals surface area contributed by atoms with Crippen molar-refractivity contribution in [2.75, 3.05) is 25.9 Å². The summed E-state index contributed by atoms with van der Waals surface area (Å²) in [6, 6.07) is 10.9. The van der Waals surface area contributed by atoms with Crippen LogP contribution in [0.4, 0.5) is 5.82 Å². The topological polar surface area (TPSA) is 104 Å². The number of piperidine rings is 1. The van der Waals surface area contributed by atoms with Gasteiger partial charge in [-0.1, -0.05) is 6.07 Å². The van der Waals surface area contributed by atoms with Gasteiger partial charge in [0.15, 0.2) is 11.6 Å². The van der Waals surface area contributed by atoms with Crippen LogP contribution in [-0.2, 0) is 0 Å². The second-order valence-electron chi connectivity index (χ2n) is 6.67. The minimum Gasteiger partial charge on any atom is -0.497 e. The number of nitrogens with two attached hydrogens (primary N) is 1. The molecule has 0 bridgehead atoms. The van der Waals surface area contributed by atoms with Crippen molar-refractivity contribution in [3.63, 3.8) is 0 Å². The fourth-order valence-electron chi connectivity index (χ4n) is 3.11. The Hall–Kier alpha value is -3.39. The van der Waals surface area contributed by atoms with Crippen LogP contribution in [0, 0.1) is 0 Å². The molecule has 3 heterocycles. The van der Waals surface area contributed by atoms with Gasteiger partial charge in [-0.25, -0.2) is 4.98 Å². The van der Waals surface area contributed by atoms with E-state index in [9.17, 15) is 0 Å². The Morgan fingerprint density at radius 2 is 1.93 bits per heavy atom. The number of nitrogens with one attached hydrogen (secondary N) is 1. The zero-order valence-corrected chi connectivity index (χ0v) is 16.2. The predicted octanol–water partition coefficient (Wildman–Crippen LogP) is 3.05. The summed E-state index contributed by atoms with van der Waals surface area (Å²) in [7, 11) is 1.60. The van der Waals surface area contributed by atoms with E-state index in [-0.39, 0.29) is 11.9 Å². The van der Waals surface area contributed by atoms with Crippen LogP contribution < -0.4 is 25.3 Å². The lowest BCUT2D eigenvalue weighted by molar-refractivity contribution is 0.155. The smallest absolute Gasteiger partial charge is 0.264 e. The van der Waals surface area contributed by atoms with Gasteiger partial charge in [0.05, 0.1) is 7.11 Å². The number of pyridine rings is 1. The summed E-state index contributed by atoms with van der Waals surface area (Å²) in [4.78, 5) is 13.1. The van der Waals surface area contributed by atoms with E-state index in [0.717, 1.165) is 31.5 Å².